The molecule has 2 nitrogen and oxygen atoms in total. The van der Waals surface area contributed by atoms with Crippen LogP contribution in [0.3, 0.4) is 0 Å². The van der Waals surface area contributed by atoms with Crippen molar-refractivity contribution in [2.45, 2.75) is 32.4 Å². The average Bonchev–Trinajstić information content (AvgIpc) is 2.25. The van der Waals surface area contributed by atoms with Crippen molar-refractivity contribution in [1.82, 2.24) is 5.32 Å². The molecule has 14 heavy (non-hydrogen) atoms. The Labute approximate surface area is 86.5 Å². The summed E-state index contributed by atoms with van der Waals surface area (Å²) in [5.74, 6) is 0. The van der Waals surface area contributed by atoms with Crippen molar-refractivity contribution < 1.29 is 0 Å². The summed E-state index contributed by atoms with van der Waals surface area (Å²) < 4.78 is 0. The van der Waals surface area contributed by atoms with Crippen molar-refractivity contribution in [3.8, 4) is 0 Å². The van der Waals surface area contributed by atoms with Gasteiger partial charge in [0, 0.05) is 19.1 Å². The minimum Gasteiger partial charge on any atom is -0.329 e. The van der Waals surface area contributed by atoms with E-state index in [2.05, 4.69) is 36.5 Å². The Bertz CT molecular complexity index is 233. The van der Waals surface area contributed by atoms with Gasteiger partial charge in [-0.05, 0) is 12.0 Å². The molecule has 0 unspecified atom stereocenters. The number of rotatable bonds is 6. The van der Waals surface area contributed by atoms with Crippen LogP contribution in [0.2, 0.25) is 0 Å². The molecule has 0 aliphatic heterocycles. The largest absolute Gasteiger partial charge is 0.329 e. The molecule has 0 aliphatic rings. The van der Waals surface area contributed by atoms with Gasteiger partial charge in [-0.25, -0.2) is 0 Å². The van der Waals surface area contributed by atoms with Crippen LogP contribution in [-0.2, 0) is 6.54 Å². The van der Waals surface area contributed by atoms with E-state index in [9.17, 15) is 0 Å². The van der Waals surface area contributed by atoms with E-state index in [1.165, 1.54) is 12.0 Å². The lowest BCUT2D eigenvalue weighted by atomic mass is 10.1. The summed E-state index contributed by atoms with van der Waals surface area (Å²) in [6.45, 7) is 3.83. The predicted octanol–water partition coefficient (Wildman–Crippen LogP) is 1.90. The molecule has 1 rings (SSSR count). The highest BCUT2D eigenvalue weighted by Crippen LogP contribution is 2.00. The zero-order valence-corrected chi connectivity index (χ0v) is 8.87. The number of nitrogens with one attached hydrogen (secondary N) is 1. The highest BCUT2D eigenvalue weighted by Gasteiger charge is 2.03. The van der Waals surface area contributed by atoms with Gasteiger partial charge in [-0.2, -0.15) is 0 Å². The molecule has 1 aromatic rings. The van der Waals surface area contributed by atoms with Crippen LogP contribution in [0.4, 0.5) is 0 Å². The van der Waals surface area contributed by atoms with E-state index in [0.717, 1.165) is 19.5 Å². The van der Waals surface area contributed by atoms with Gasteiger partial charge in [0.05, 0.1) is 0 Å². The van der Waals surface area contributed by atoms with Crippen LogP contribution in [0.1, 0.15) is 25.3 Å². The summed E-state index contributed by atoms with van der Waals surface area (Å²) in [5, 5.41) is 3.46. The third-order valence-electron chi connectivity index (χ3n) is 2.36. The van der Waals surface area contributed by atoms with Crippen molar-refractivity contribution >= 4 is 0 Å². The molecule has 0 fully saturated rings. The number of benzene rings is 1. The summed E-state index contributed by atoms with van der Waals surface area (Å²) in [6.07, 6.45) is 2.34. The molecule has 0 aliphatic carbocycles. The zero-order chi connectivity index (χ0) is 10.2. The molecule has 1 atom stereocenters. The molecule has 2 heteroatoms. The lowest BCUT2D eigenvalue weighted by Gasteiger charge is -2.15. The van der Waals surface area contributed by atoms with Gasteiger partial charge in [-0.15, -0.1) is 0 Å². The third-order valence-corrected chi connectivity index (χ3v) is 2.36. The smallest absolute Gasteiger partial charge is 0.0208 e. The topological polar surface area (TPSA) is 38.0 Å². The first kappa shape index (κ1) is 11.2. The van der Waals surface area contributed by atoms with Crippen molar-refractivity contribution in [1.29, 1.82) is 0 Å². The summed E-state index contributed by atoms with van der Waals surface area (Å²) in [5.41, 5.74) is 6.98. The molecule has 0 bridgehead atoms. The normalized spacial score (nSPS) is 12.7. The fourth-order valence-corrected chi connectivity index (χ4v) is 1.51. The van der Waals surface area contributed by atoms with E-state index < -0.39 is 0 Å². The van der Waals surface area contributed by atoms with Crippen LogP contribution in [0.5, 0.6) is 0 Å². The fourth-order valence-electron chi connectivity index (χ4n) is 1.51. The Morgan fingerprint density at radius 3 is 2.57 bits per heavy atom. The van der Waals surface area contributed by atoms with Gasteiger partial charge >= 0.3 is 0 Å². The molecular weight excluding hydrogens is 172 g/mol. The van der Waals surface area contributed by atoms with Gasteiger partial charge in [0.25, 0.3) is 0 Å². The second-order valence-electron chi connectivity index (χ2n) is 3.59. The maximum absolute atomic E-state index is 5.66. The number of nitrogens with two attached hydrogens (primary N) is 1. The van der Waals surface area contributed by atoms with Crippen LogP contribution in [0.15, 0.2) is 30.3 Å². The minimum atomic E-state index is 0.459. The summed E-state index contributed by atoms with van der Waals surface area (Å²) in [6, 6.07) is 10.9. The molecule has 3 N–H and O–H groups in total. The highest BCUT2D eigenvalue weighted by molar-refractivity contribution is 5.14. The first-order chi connectivity index (χ1) is 6.86. The second-order valence-corrected chi connectivity index (χ2v) is 3.59. The van der Waals surface area contributed by atoms with Crippen LogP contribution in [0.25, 0.3) is 0 Å². The Balaban J connectivity index is 2.32. The van der Waals surface area contributed by atoms with E-state index >= 15 is 0 Å². The van der Waals surface area contributed by atoms with Gasteiger partial charge in [0.1, 0.15) is 0 Å². The summed E-state index contributed by atoms with van der Waals surface area (Å²) in [4.78, 5) is 0. The van der Waals surface area contributed by atoms with Crippen LogP contribution >= 0.6 is 0 Å². The van der Waals surface area contributed by atoms with Gasteiger partial charge < -0.3 is 11.1 Å². The van der Waals surface area contributed by atoms with Crippen molar-refractivity contribution in [2.24, 2.45) is 5.73 Å². The fraction of sp³-hybridized carbons (Fsp3) is 0.500. The van der Waals surface area contributed by atoms with E-state index in [-0.39, 0.29) is 0 Å². The van der Waals surface area contributed by atoms with Gasteiger partial charge in [-0.3, -0.25) is 0 Å². The molecule has 0 saturated carbocycles. The van der Waals surface area contributed by atoms with Gasteiger partial charge in [0.2, 0.25) is 0 Å². The first-order valence-corrected chi connectivity index (χ1v) is 5.34. The predicted molar refractivity (Wildman–Crippen MR) is 61.0 cm³/mol. The Morgan fingerprint density at radius 2 is 2.00 bits per heavy atom. The molecule has 0 spiro atoms. The Morgan fingerprint density at radius 1 is 1.29 bits per heavy atom. The van der Waals surface area contributed by atoms with Crippen molar-refractivity contribution in [2.75, 3.05) is 6.54 Å². The molecule has 0 amide bonds. The summed E-state index contributed by atoms with van der Waals surface area (Å²) >= 11 is 0. The zero-order valence-electron chi connectivity index (χ0n) is 8.87. The number of hydrogen-bond acceptors (Lipinski definition) is 2. The molecule has 78 valence electrons. The summed E-state index contributed by atoms with van der Waals surface area (Å²) in [7, 11) is 0. The van der Waals surface area contributed by atoms with Gasteiger partial charge in [0.15, 0.2) is 0 Å². The van der Waals surface area contributed by atoms with Crippen LogP contribution < -0.4 is 11.1 Å². The molecule has 0 heterocycles. The first-order valence-electron chi connectivity index (χ1n) is 5.34. The number of hydrogen-bond donors (Lipinski definition) is 2. The Kier molecular flexibility index (Phi) is 5.27. The average molecular weight is 192 g/mol. The molecule has 0 radical (unpaired) electrons. The second kappa shape index (κ2) is 6.57. The van der Waals surface area contributed by atoms with Crippen molar-refractivity contribution in [3.05, 3.63) is 35.9 Å². The van der Waals surface area contributed by atoms with Crippen LogP contribution in [0, 0.1) is 0 Å². The standard InChI is InChI=1S/C12H20N2/c1-2-6-12(9-13)14-10-11-7-4-3-5-8-11/h3-5,7-8,12,14H,2,6,9-10,13H2,1H3/t12-/m0/s1. The Hall–Kier alpha value is -0.860. The monoisotopic (exact) mass is 192 g/mol. The minimum absolute atomic E-state index is 0.459. The molecule has 0 aromatic heterocycles. The lowest BCUT2D eigenvalue weighted by molar-refractivity contribution is 0.482. The SMILES string of the molecule is CCC[C@@H](CN)NCc1ccccc1. The lowest BCUT2D eigenvalue weighted by Crippen LogP contribution is -2.35. The van der Waals surface area contributed by atoms with Crippen molar-refractivity contribution in [3.63, 3.8) is 0 Å². The van der Waals surface area contributed by atoms with Gasteiger partial charge in [-0.1, -0.05) is 43.7 Å². The quantitative estimate of drug-likeness (QED) is 0.722. The van der Waals surface area contributed by atoms with E-state index in [0.29, 0.717) is 6.04 Å². The maximum Gasteiger partial charge on any atom is 0.0208 e. The van der Waals surface area contributed by atoms with E-state index in [1.807, 2.05) is 6.07 Å². The molecular formula is C12H20N2. The maximum atomic E-state index is 5.66. The molecule has 0 saturated heterocycles. The highest BCUT2D eigenvalue weighted by atomic mass is 14.9. The van der Waals surface area contributed by atoms with Crippen LogP contribution in [-0.4, -0.2) is 12.6 Å². The molecule has 1 aromatic carbocycles. The third kappa shape index (κ3) is 3.90. The van der Waals surface area contributed by atoms with E-state index in [4.69, 9.17) is 5.73 Å². The van der Waals surface area contributed by atoms with E-state index in [1.54, 1.807) is 0 Å².